The molecule has 0 saturated carbocycles. The van der Waals surface area contributed by atoms with Gasteiger partial charge in [-0.1, -0.05) is 11.6 Å². The minimum absolute atomic E-state index is 0.0859. The Kier molecular flexibility index (Phi) is 7.22. The van der Waals surface area contributed by atoms with Crippen LogP contribution >= 0.6 is 11.6 Å². The van der Waals surface area contributed by atoms with E-state index in [1.54, 1.807) is 19.1 Å². The number of piperidine rings is 1. The second-order valence-corrected chi connectivity index (χ2v) is 10.0. The minimum atomic E-state index is -3.84. The number of halogens is 2. The van der Waals surface area contributed by atoms with Crippen molar-refractivity contribution in [1.29, 1.82) is 0 Å². The van der Waals surface area contributed by atoms with Gasteiger partial charge in [-0.05, 0) is 68.1 Å². The third-order valence-electron chi connectivity index (χ3n) is 5.69. The van der Waals surface area contributed by atoms with E-state index in [-0.39, 0.29) is 34.8 Å². The molecule has 32 heavy (non-hydrogen) atoms. The number of carbonyl (C=O) groups is 2. The zero-order chi connectivity index (χ0) is 23.6. The average Bonchev–Trinajstić information content (AvgIpc) is 2.77. The number of aryl methyl sites for hydroxylation is 1. The zero-order valence-electron chi connectivity index (χ0n) is 17.9. The third-order valence-corrected chi connectivity index (χ3v) is 7.88. The number of sulfonamides is 1. The lowest BCUT2D eigenvalue weighted by Gasteiger charge is -2.30. The van der Waals surface area contributed by atoms with Gasteiger partial charge in [0.25, 0.3) is 0 Å². The molecule has 2 aromatic rings. The number of rotatable bonds is 5. The number of esters is 1. The van der Waals surface area contributed by atoms with E-state index in [1.807, 2.05) is 6.92 Å². The predicted octanol–water partition coefficient (Wildman–Crippen LogP) is 3.92. The van der Waals surface area contributed by atoms with Gasteiger partial charge in [0, 0.05) is 24.7 Å². The normalized spacial score (nSPS) is 15.4. The fourth-order valence-electron chi connectivity index (χ4n) is 3.64. The molecule has 0 spiro atoms. The number of anilines is 1. The molecule has 10 heteroatoms. The SMILES string of the molecule is COC(=O)c1cc(NC(=O)C2CCN(S(=O)(=O)c3ccc(F)c(Cl)c3)CC2)cc(C)c1C. The van der Waals surface area contributed by atoms with E-state index < -0.39 is 21.8 Å². The Balaban J connectivity index is 1.68. The van der Waals surface area contributed by atoms with E-state index in [9.17, 15) is 22.4 Å². The molecule has 1 aliphatic heterocycles. The Morgan fingerprint density at radius 1 is 1.16 bits per heavy atom. The molecule has 0 aliphatic carbocycles. The molecule has 1 heterocycles. The summed E-state index contributed by atoms with van der Waals surface area (Å²) in [6.07, 6.45) is 0.656. The number of methoxy groups -OCH3 is 1. The van der Waals surface area contributed by atoms with Crippen molar-refractivity contribution in [3.63, 3.8) is 0 Å². The maximum atomic E-state index is 13.4. The summed E-state index contributed by atoms with van der Waals surface area (Å²) in [6, 6.07) is 6.63. The molecule has 1 N–H and O–H groups in total. The molecule has 1 amide bonds. The Hall–Kier alpha value is -2.49. The van der Waals surface area contributed by atoms with Crippen molar-refractivity contribution >= 4 is 39.2 Å². The van der Waals surface area contributed by atoms with Gasteiger partial charge in [-0.15, -0.1) is 0 Å². The summed E-state index contributed by atoms with van der Waals surface area (Å²) in [4.78, 5) is 24.7. The van der Waals surface area contributed by atoms with E-state index >= 15 is 0 Å². The lowest BCUT2D eigenvalue weighted by atomic mass is 9.96. The van der Waals surface area contributed by atoms with Gasteiger partial charge < -0.3 is 10.1 Å². The number of hydrogen-bond donors (Lipinski definition) is 1. The smallest absolute Gasteiger partial charge is 0.338 e. The highest BCUT2D eigenvalue weighted by atomic mass is 35.5. The maximum Gasteiger partial charge on any atom is 0.338 e. The van der Waals surface area contributed by atoms with Crippen LogP contribution in [0.15, 0.2) is 35.2 Å². The minimum Gasteiger partial charge on any atom is -0.465 e. The number of nitrogens with zero attached hydrogens (tertiary/aromatic N) is 1. The molecule has 0 bridgehead atoms. The molecule has 0 aromatic heterocycles. The van der Waals surface area contributed by atoms with Gasteiger partial charge in [0.05, 0.1) is 22.6 Å². The van der Waals surface area contributed by atoms with Crippen molar-refractivity contribution in [2.75, 3.05) is 25.5 Å². The standard InChI is InChI=1S/C22H24ClFN2O5S/c1-13-10-16(11-18(14(13)2)22(28)31-3)25-21(27)15-6-8-26(9-7-15)32(29,30)17-4-5-20(24)19(23)12-17/h4-5,10-12,15H,6-9H2,1-3H3,(H,25,27). The summed E-state index contributed by atoms with van der Waals surface area (Å²) in [5.74, 6) is -1.81. The van der Waals surface area contributed by atoms with Gasteiger partial charge in [0.2, 0.25) is 15.9 Å². The first-order valence-corrected chi connectivity index (χ1v) is 11.8. The summed E-state index contributed by atoms with van der Waals surface area (Å²) in [5.41, 5.74) is 2.47. The summed E-state index contributed by atoms with van der Waals surface area (Å²) in [5, 5.41) is 2.56. The number of amides is 1. The third kappa shape index (κ3) is 4.95. The Morgan fingerprint density at radius 2 is 1.81 bits per heavy atom. The van der Waals surface area contributed by atoms with Crippen molar-refractivity contribution in [1.82, 2.24) is 4.31 Å². The van der Waals surface area contributed by atoms with Crippen LogP contribution in [0.5, 0.6) is 0 Å². The van der Waals surface area contributed by atoms with E-state index in [0.717, 1.165) is 23.3 Å². The van der Waals surface area contributed by atoms with Gasteiger partial charge in [-0.3, -0.25) is 4.79 Å². The average molecular weight is 483 g/mol. The van der Waals surface area contributed by atoms with Crippen LogP contribution in [-0.2, 0) is 19.6 Å². The molecule has 7 nitrogen and oxygen atoms in total. The van der Waals surface area contributed by atoms with Crippen LogP contribution in [0.25, 0.3) is 0 Å². The monoisotopic (exact) mass is 482 g/mol. The molecule has 1 fully saturated rings. The van der Waals surface area contributed by atoms with Crippen molar-refractivity contribution in [2.24, 2.45) is 5.92 Å². The molecule has 3 rings (SSSR count). The summed E-state index contributed by atoms with van der Waals surface area (Å²) < 4.78 is 45.1. The van der Waals surface area contributed by atoms with Gasteiger partial charge in [0.15, 0.2) is 0 Å². The molecule has 2 aromatic carbocycles. The Bertz CT molecular complexity index is 1160. The van der Waals surface area contributed by atoms with Gasteiger partial charge in [-0.25, -0.2) is 17.6 Å². The highest BCUT2D eigenvalue weighted by molar-refractivity contribution is 7.89. The molecule has 0 radical (unpaired) electrons. The number of benzene rings is 2. The fourth-order valence-corrected chi connectivity index (χ4v) is 5.38. The van der Waals surface area contributed by atoms with Crippen LogP contribution in [0.1, 0.15) is 34.3 Å². The van der Waals surface area contributed by atoms with Crippen molar-refractivity contribution < 1.29 is 27.1 Å². The van der Waals surface area contributed by atoms with Crippen molar-refractivity contribution in [3.05, 3.63) is 57.9 Å². The first-order chi connectivity index (χ1) is 15.0. The first-order valence-electron chi connectivity index (χ1n) is 10.00. The summed E-state index contributed by atoms with van der Waals surface area (Å²) in [6.45, 7) is 3.94. The van der Waals surface area contributed by atoms with Crippen LogP contribution in [-0.4, -0.2) is 44.8 Å². The Labute approximate surface area is 191 Å². The van der Waals surface area contributed by atoms with Gasteiger partial charge in [0.1, 0.15) is 5.82 Å². The number of nitrogens with one attached hydrogen (secondary N) is 1. The quantitative estimate of drug-likeness (QED) is 0.652. The molecular weight excluding hydrogens is 459 g/mol. The van der Waals surface area contributed by atoms with Crippen LogP contribution in [0, 0.1) is 25.6 Å². The van der Waals surface area contributed by atoms with Crippen LogP contribution < -0.4 is 5.32 Å². The lowest BCUT2D eigenvalue weighted by molar-refractivity contribution is -0.120. The van der Waals surface area contributed by atoms with E-state index in [4.69, 9.17) is 16.3 Å². The van der Waals surface area contributed by atoms with E-state index in [1.165, 1.54) is 17.5 Å². The lowest BCUT2D eigenvalue weighted by Crippen LogP contribution is -2.41. The number of hydrogen-bond acceptors (Lipinski definition) is 5. The number of carbonyl (C=O) groups excluding carboxylic acids is 2. The summed E-state index contributed by atoms with van der Waals surface area (Å²) in [7, 11) is -2.54. The van der Waals surface area contributed by atoms with Crippen molar-refractivity contribution in [2.45, 2.75) is 31.6 Å². The summed E-state index contributed by atoms with van der Waals surface area (Å²) >= 11 is 5.72. The fraction of sp³-hybridized carbons (Fsp3) is 0.364. The molecule has 0 unspecified atom stereocenters. The molecule has 0 atom stereocenters. The number of ether oxygens (including phenoxy) is 1. The van der Waals surface area contributed by atoms with Crippen molar-refractivity contribution in [3.8, 4) is 0 Å². The topological polar surface area (TPSA) is 92.8 Å². The van der Waals surface area contributed by atoms with Gasteiger partial charge >= 0.3 is 5.97 Å². The first kappa shape index (κ1) is 24.2. The van der Waals surface area contributed by atoms with Crippen LogP contribution in [0.3, 0.4) is 0 Å². The van der Waals surface area contributed by atoms with E-state index in [0.29, 0.717) is 24.1 Å². The van der Waals surface area contributed by atoms with Crippen LogP contribution in [0.4, 0.5) is 10.1 Å². The highest BCUT2D eigenvalue weighted by Gasteiger charge is 2.32. The van der Waals surface area contributed by atoms with Crippen LogP contribution in [0.2, 0.25) is 5.02 Å². The molecule has 1 aliphatic rings. The molecule has 1 saturated heterocycles. The second-order valence-electron chi connectivity index (χ2n) is 7.70. The molecular formula is C22H24ClFN2O5S. The zero-order valence-corrected chi connectivity index (χ0v) is 19.5. The molecule has 172 valence electrons. The predicted molar refractivity (Wildman–Crippen MR) is 119 cm³/mol. The van der Waals surface area contributed by atoms with E-state index in [2.05, 4.69) is 5.32 Å². The maximum absolute atomic E-state index is 13.4. The highest BCUT2D eigenvalue weighted by Crippen LogP contribution is 2.28. The second kappa shape index (κ2) is 9.56. The largest absolute Gasteiger partial charge is 0.465 e. The van der Waals surface area contributed by atoms with Gasteiger partial charge in [-0.2, -0.15) is 4.31 Å². The Morgan fingerprint density at radius 3 is 2.41 bits per heavy atom.